The first-order valence-corrected chi connectivity index (χ1v) is 5.33. The number of rotatable bonds is 4. The Morgan fingerprint density at radius 3 is 3.00 bits per heavy atom. The molecule has 1 saturated heterocycles. The number of aryl methyl sites for hydroxylation is 1. The summed E-state index contributed by atoms with van der Waals surface area (Å²) in [5.74, 6) is 0.976. The van der Waals surface area contributed by atoms with Crippen molar-refractivity contribution in [1.29, 1.82) is 0 Å². The van der Waals surface area contributed by atoms with Gasteiger partial charge in [-0.2, -0.15) is 5.10 Å². The van der Waals surface area contributed by atoms with Crippen molar-refractivity contribution in [3.05, 3.63) is 12.2 Å². The van der Waals surface area contributed by atoms with Crippen LogP contribution in [0.2, 0.25) is 0 Å². The molecule has 2 rings (SSSR count). The molecule has 1 aliphatic heterocycles. The second kappa shape index (κ2) is 5.20. The van der Waals surface area contributed by atoms with E-state index in [1.165, 1.54) is 0 Å². The Bertz CT molecular complexity index is 294. The monoisotopic (exact) mass is 211 g/mol. The molecule has 6 nitrogen and oxygen atoms in total. The zero-order chi connectivity index (χ0) is 10.5. The Hall–Kier alpha value is -0.980. The van der Waals surface area contributed by atoms with E-state index in [4.69, 9.17) is 4.74 Å². The summed E-state index contributed by atoms with van der Waals surface area (Å²) in [5, 5.41) is 6.29. The summed E-state index contributed by atoms with van der Waals surface area (Å²) in [6, 6.07) is 0. The summed E-state index contributed by atoms with van der Waals surface area (Å²) in [6.07, 6.45) is 1.60. The molecule has 0 atom stereocenters. The first kappa shape index (κ1) is 10.5. The highest BCUT2D eigenvalue weighted by Crippen LogP contribution is 1.96. The second-order valence-electron chi connectivity index (χ2n) is 3.43. The summed E-state index contributed by atoms with van der Waals surface area (Å²) < 4.78 is 7.16. The van der Waals surface area contributed by atoms with Crippen LogP contribution in [0, 0.1) is 0 Å². The number of hydrogen-bond donors (Lipinski definition) is 1. The van der Waals surface area contributed by atoms with Crippen LogP contribution in [0.3, 0.4) is 0 Å². The van der Waals surface area contributed by atoms with E-state index in [9.17, 15) is 0 Å². The predicted molar refractivity (Wildman–Crippen MR) is 54.9 cm³/mol. The van der Waals surface area contributed by atoms with E-state index >= 15 is 0 Å². The van der Waals surface area contributed by atoms with Gasteiger partial charge in [0.1, 0.15) is 12.2 Å². The van der Waals surface area contributed by atoms with Gasteiger partial charge in [0, 0.05) is 19.6 Å². The molecule has 6 heteroatoms. The lowest BCUT2D eigenvalue weighted by atomic mass is 10.5. The van der Waals surface area contributed by atoms with Crippen molar-refractivity contribution < 1.29 is 4.74 Å². The largest absolute Gasteiger partial charge is 0.379 e. The molecule has 0 spiro atoms. The number of aromatic nitrogens is 3. The van der Waals surface area contributed by atoms with Gasteiger partial charge in [0.25, 0.3) is 0 Å². The first-order valence-electron chi connectivity index (χ1n) is 5.33. The van der Waals surface area contributed by atoms with Gasteiger partial charge in [0.2, 0.25) is 0 Å². The average molecular weight is 211 g/mol. The highest BCUT2D eigenvalue weighted by Gasteiger charge is 2.10. The summed E-state index contributed by atoms with van der Waals surface area (Å²) in [5.41, 5.74) is 3.33. The van der Waals surface area contributed by atoms with Crippen LogP contribution in [0.1, 0.15) is 12.7 Å². The topological polar surface area (TPSA) is 55.2 Å². The fraction of sp³-hybridized carbons (Fsp3) is 0.778. The van der Waals surface area contributed by atoms with Crippen LogP contribution in [0.4, 0.5) is 0 Å². The third-order valence-corrected chi connectivity index (χ3v) is 2.47. The van der Waals surface area contributed by atoms with E-state index < -0.39 is 0 Å². The van der Waals surface area contributed by atoms with Crippen LogP contribution in [-0.4, -0.2) is 46.1 Å². The SMILES string of the molecule is CCn1ncnc1CNN1CCOCC1. The molecular weight excluding hydrogens is 194 g/mol. The molecule has 0 amide bonds. The van der Waals surface area contributed by atoms with E-state index in [-0.39, 0.29) is 0 Å². The fourth-order valence-corrected chi connectivity index (χ4v) is 1.59. The molecule has 0 aliphatic carbocycles. The summed E-state index contributed by atoms with van der Waals surface area (Å²) in [4.78, 5) is 4.20. The van der Waals surface area contributed by atoms with Gasteiger partial charge >= 0.3 is 0 Å². The molecule has 0 aromatic carbocycles. The predicted octanol–water partition coefficient (Wildman–Crippen LogP) is -0.365. The van der Waals surface area contributed by atoms with Crippen molar-refractivity contribution in [2.75, 3.05) is 26.3 Å². The van der Waals surface area contributed by atoms with Gasteiger partial charge in [-0.15, -0.1) is 0 Å². The lowest BCUT2D eigenvalue weighted by Gasteiger charge is -2.26. The lowest BCUT2D eigenvalue weighted by molar-refractivity contribution is 0.00989. The molecule has 15 heavy (non-hydrogen) atoms. The molecule has 2 heterocycles. The molecular formula is C9H17N5O. The van der Waals surface area contributed by atoms with Crippen molar-refractivity contribution in [3.63, 3.8) is 0 Å². The minimum Gasteiger partial charge on any atom is -0.379 e. The minimum absolute atomic E-state index is 0.730. The van der Waals surface area contributed by atoms with Crippen LogP contribution < -0.4 is 5.43 Å². The highest BCUT2D eigenvalue weighted by molar-refractivity contribution is 4.82. The van der Waals surface area contributed by atoms with E-state index in [2.05, 4.69) is 27.4 Å². The summed E-state index contributed by atoms with van der Waals surface area (Å²) in [7, 11) is 0. The van der Waals surface area contributed by atoms with Crippen molar-refractivity contribution in [2.45, 2.75) is 20.0 Å². The molecule has 1 fully saturated rings. The van der Waals surface area contributed by atoms with Crippen molar-refractivity contribution >= 4 is 0 Å². The Kier molecular flexibility index (Phi) is 3.65. The van der Waals surface area contributed by atoms with Crippen molar-refractivity contribution in [2.24, 2.45) is 0 Å². The molecule has 1 aromatic rings. The van der Waals surface area contributed by atoms with Crippen molar-refractivity contribution in [3.8, 4) is 0 Å². The fourth-order valence-electron chi connectivity index (χ4n) is 1.59. The molecule has 0 radical (unpaired) electrons. The van der Waals surface area contributed by atoms with Gasteiger partial charge in [-0.3, -0.25) is 0 Å². The Balaban J connectivity index is 1.81. The van der Waals surface area contributed by atoms with Crippen molar-refractivity contribution in [1.82, 2.24) is 25.2 Å². The van der Waals surface area contributed by atoms with Crippen LogP contribution in [-0.2, 0) is 17.8 Å². The molecule has 0 unspecified atom stereocenters. The van der Waals surface area contributed by atoms with Gasteiger partial charge in [-0.05, 0) is 6.92 Å². The van der Waals surface area contributed by atoms with Crippen LogP contribution in [0.15, 0.2) is 6.33 Å². The van der Waals surface area contributed by atoms with Gasteiger partial charge < -0.3 is 4.74 Å². The Morgan fingerprint density at radius 1 is 1.47 bits per heavy atom. The second-order valence-corrected chi connectivity index (χ2v) is 3.43. The maximum absolute atomic E-state index is 5.27. The molecule has 1 aromatic heterocycles. The lowest BCUT2D eigenvalue weighted by Crippen LogP contribution is -2.45. The molecule has 0 saturated carbocycles. The number of hydrogen-bond acceptors (Lipinski definition) is 5. The smallest absolute Gasteiger partial charge is 0.142 e. The number of morpholine rings is 1. The highest BCUT2D eigenvalue weighted by atomic mass is 16.5. The molecule has 1 N–H and O–H groups in total. The standard InChI is InChI=1S/C9H17N5O/c1-2-14-9(10-8-12-14)7-11-13-3-5-15-6-4-13/h8,11H,2-7H2,1H3. The van der Waals surface area contributed by atoms with Crippen LogP contribution in [0.5, 0.6) is 0 Å². The quantitative estimate of drug-likeness (QED) is 0.736. The molecule has 0 bridgehead atoms. The van der Waals surface area contributed by atoms with E-state index in [0.29, 0.717) is 0 Å². The maximum atomic E-state index is 5.27. The van der Waals surface area contributed by atoms with Crippen LogP contribution >= 0.6 is 0 Å². The van der Waals surface area contributed by atoms with Gasteiger partial charge in [-0.1, -0.05) is 0 Å². The van der Waals surface area contributed by atoms with E-state index in [1.807, 2.05) is 4.68 Å². The Morgan fingerprint density at radius 2 is 2.27 bits per heavy atom. The van der Waals surface area contributed by atoms with Gasteiger partial charge in [-0.25, -0.2) is 20.1 Å². The molecule has 1 aliphatic rings. The average Bonchev–Trinajstić information content (AvgIpc) is 2.75. The zero-order valence-corrected chi connectivity index (χ0v) is 9.02. The number of nitrogens with zero attached hydrogens (tertiary/aromatic N) is 4. The summed E-state index contributed by atoms with van der Waals surface area (Å²) in [6.45, 7) is 7.11. The normalized spacial score (nSPS) is 18.2. The number of ether oxygens (including phenoxy) is 1. The van der Waals surface area contributed by atoms with Gasteiger partial charge in [0.05, 0.1) is 19.8 Å². The van der Waals surface area contributed by atoms with Crippen LogP contribution in [0.25, 0.3) is 0 Å². The maximum Gasteiger partial charge on any atom is 0.142 e. The minimum atomic E-state index is 0.730. The zero-order valence-electron chi connectivity index (χ0n) is 9.02. The third-order valence-electron chi connectivity index (χ3n) is 2.47. The number of hydrazine groups is 1. The van der Waals surface area contributed by atoms with Gasteiger partial charge in [0.15, 0.2) is 0 Å². The summed E-state index contributed by atoms with van der Waals surface area (Å²) >= 11 is 0. The molecule has 84 valence electrons. The first-order chi connectivity index (χ1) is 7.40. The Labute approximate surface area is 89.2 Å². The third kappa shape index (κ3) is 2.74. The van der Waals surface area contributed by atoms with E-state index in [0.717, 1.165) is 45.2 Å². The van der Waals surface area contributed by atoms with E-state index in [1.54, 1.807) is 6.33 Å². The number of nitrogens with one attached hydrogen (secondary N) is 1.